The van der Waals surface area contributed by atoms with E-state index in [2.05, 4.69) is 4.72 Å². The molecule has 0 amide bonds. The number of benzene rings is 1. The number of carbonyl (C=O) groups is 1. The SMILES string of the molecule is O=C(O)c1ccc(S(=O)(=O)NCCCC2CC2)cc1Cl. The van der Waals surface area contributed by atoms with Crippen LogP contribution in [0.5, 0.6) is 0 Å². The molecule has 20 heavy (non-hydrogen) atoms. The highest BCUT2D eigenvalue weighted by Gasteiger charge is 2.21. The summed E-state index contributed by atoms with van der Waals surface area (Å²) in [6.45, 7) is 0.386. The van der Waals surface area contributed by atoms with Crippen molar-refractivity contribution >= 4 is 27.6 Å². The van der Waals surface area contributed by atoms with Gasteiger partial charge in [0.1, 0.15) is 0 Å². The molecule has 0 heterocycles. The summed E-state index contributed by atoms with van der Waals surface area (Å²) in [7, 11) is -3.63. The number of hydrogen-bond acceptors (Lipinski definition) is 3. The van der Waals surface area contributed by atoms with E-state index in [0.29, 0.717) is 6.54 Å². The second-order valence-electron chi connectivity index (χ2n) is 4.93. The largest absolute Gasteiger partial charge is 0.478 e. The quantitative estimate of drug-likeness (QED) is 0.757. The minimum absolute atomic E-state index is 0.0149. The minimum atomic E-state index is -3.63. The molecule has 0 aliphatic heterocycles. The van der Waals surface area contributed by atoms with E-state index in [4.69, 9.17) is 16.7 Å². The maximum absolute atomic E-state index is 12.0. The van der Waals surface area contributed by atoms with Crippen molar-refractivity contribution < 1.29 is 18.3 Å². The van der Waals surface area contributed by atoms with Crippen LogP contribution in [-0.4, -0.2) is 26.0 Å². The van der Waals surface area contributed by atoms with E-state index < -0.39 is 16.0 Å². The Labute approximate surface area is 123 Å². The number of nitrogens with one attached hydrogen (secondary N) is 1. The smallest absolute Gasteiger partial charge is 0.337 e. The van der Waals surface area contributed by atoms with Gasteiger partial charge < -0.3 is 5.11 Å². The standard InChI is InChI=1S/C13H16ClNO4S/c14-12-8-10(5-6-11(12)13(16)17)20(18,19)15-7-1-2-9-3-4-9/h5-6,8-9,15H,1-4,7H2,(H,16,17). The van der Waals surface area contributed by atoms with Crippen LogP contribution in [0.15, 0.2) is 23.1 Å². The Morgan fingerprint density at radius 2 is 2.10 bits per heavy atom. The molecule has 2 rings (SSSR count). The third kappa shape index (κ3) is 3.94. The third-order valence-electron chi connectivity index (χ3n) is 3.26. The van der Waals surface area contributed by atoms with Gasteiger partial charge in [-0.15, -0.1) is 0 Å². The molecule has 1 aromatic rings. The fourth-order valence-electron chi connectivity index (χ4n) is 1.92. The van der Waals surface area contributed by atoms with E-state index in [-0.39, 0.29) is 15.5 Å². The summed E-state index contributed by atoms with van der Waals surface area (Å²) in [5.41, 5.74) is -0.112. The molecule has 0 unspecified atom stereocenters. The molecule has 1 saturated carbocycles. The second kappa shape index (κ2) is 6.11. The first-order valence-corrected chi connectivity index (χ1v) is 8.29. The Bertz CT molecular complexity index is 611. The molecular weight excluding hydrogens is 302 g/mol. The second-order valence-corrected chi connectivity index (χ2v) is 7.10. The molecule has 7 heteroatoms. The lowest BCUT2D eigenvalue weighted by Crippen LogP contribution is -2.25. The maximum Gasteiger partial charge on any atom is 0.337 e. The number of hydrogen-bond donors (Lipinski definition) is 2. The number of aromatic carboxylic acids is 1. The zero-order valence-electron chi connectivity index (χ0n) is 10.8. The first-order chi connectivity index (χ1) is 9.40. The summed E-state index contributed by atoms with van der Waals surface area (Å²) in [6.07, 6.45) is 4.35. The average molecular weight is 318 g/mol. The van der Waals surface area contributed by atoms with Crippen molar-refractivity contribution in [3.8, 4) is 0 Å². The minimum Gasteiger partial charge on any atom is -0.478 e. The van der Waals surface area contributed by atoms with Crippen molar-refractivity contribution in [2.45, 2.75) is 30.6 Å². The van der Waals surface area contributed by atoms with Crippen molar-refractivity contribution in [1.82, 2.24) is 4.72 Å². The van der Waals surface area contributed by atoms with Crippen LogP contribution in [0, 0.1) is 5.92 Å². The van der Waals surface area contributed by atoms with Crippen LogP contribution in [-0.2, 0) is 10.0 Å². The van der Waals surface area contributed by atoms with Gasteiger partial charge in [-0.25, -0.2) is 17.9 Å². The number of halogens is 1. The van der Waals surface area contributed by atoms with Crippen molar-refractivity contribution in [2.75, 3.05) is 6.54 Å². The van der Waals surface area contributed by atoms with E-state index in [1.165, 1.54) is 25.0 Å². The Morgan fingerprint density at radius 1 is 1.40 bits per heavy atom. The zero-order chi connectivity index (χ0) is 14.8. The van der Waals surface area contributed by atoms with E-state index >= 15 is 0 Å². The van der Waals surface area contributed by atoms with Crippen LogP contribution in [0.2, 0.25) is 5.02 Å². The van der Waals surface area contributed by atoms with Crippen LogP contribution >= 0.6 is 11.6 Å². The summed E-state index contributed by atoms with van der Waals surface area (Å²) < 4.78 is 26.5. The monoisotopic (exact) mass is 317 g/mol. The molecule has 1 fully saturated rings. The lowest BCUT2D eigenvalue weighted by Gasteiger charge is -2.08. The van der Waals surface area contributed by atoms with E-state index in [0.717, 1.165) is 24.8 Å². The molecule has 0 atom stereocenters. The zero-order valence-corrected chi connectivity index (χ0v) is 12.4. The van der Waals surface area contributed by atoms with Crippen molar-refractivity contribution in [3.63, 3.8) is 0 Å². The van der Waals surface area contributed by atoms with E-state index in [9.17, 15) is 13.2 Å². The maximum atomic E-state index is 12.0. The predicted octanol–water partition coefficient (Wildman–Crippen LogP) is 2.51. The molecule has 5 nitrogen and oxygen atoms in total. The normalized spacial score (nSPS) is 15.2. The Kier molecular flexibility index (Phi) is 4.67. The molecule has 0 spiro atoms. The highest BCUT2D eigenvalue weighted by molar-refractivity contribution is 7.89. The van der Waals surface area contributed by atoms with Gasteiger partial charge in [0.2, 0.25) is 10.0 Å². The Balaban J connectivity index is 2.00. The molecule has 1 aromatic carbocycles. The van der Waals surface area contributed by atoms with Crippen molar-refractivity contribution in [1.29, 1.82) is 0 Å². The van der Waals surface area contributed by atoms with Gasteiger partial charge in [-0.3, -0.25) is 0 Å². The van der Waals surface area contributed by atoms with Gasteiger partial charge in [-0.2, -0.15) is 0 Å². The topological polar surface area (TPSA) is 83.5 Å². The first kappa shape index (κ1) is 15.3. The first-order valence-electron chi connectivity index (χ1n) is 6.42. The van der Waals surface area contributed by atoms with E-state index in [1.54, 1.807) is 0 Å². The number of rotatable bonds is 7. The van der Waals surface area contributed by atoms with Gasteiger partial charge in [0.05, 0.1) is 15.5 Å². The van der Waals surface area contributed by atoms with Crippen molar-refractivity contribution in [2.24, 2.45) is 5.92 Å². The summed E-state index contributed by atoms with van der Waals surface area (Å²) in [5, 5.41) is 8.76. The lowest BCUT2D eigenvalue weighted by molar-refractivity contribution is 0.0697. The molecule has 1 aliphatic rings. The molecule has 110 valence electrons. The summed E-state index contributed by atoms with van der Waals surface area (Å²) in [6, 6.07) is 3.61. The van der Waals surface area contributed by atoms with Gasteiger partial charge >= 0.3 is 5.97 Å². The Hall–Kier alpha value is -1.11. The molecule has 0 saturated heterocycles. The van der Waals surface area contributed by atoms with Crippen LogP contribution < -0.4 is 4.72 Å². The van der Waals surface area contributed by atoms with Gasteiger partial charge in [0, 0.05) is 6.54 Å². The lowest BCUT2D eigenvalue weighted by atomic mass is 10.2. The number of carboxylic acid groups (broad SMARTS) is 1. The molecular formula is C13H16ClNO4S. The molecule has 1 aliphatic carbocycles. The number of sulfonamides is 1. The van der Waals surface area contributed by atoms with Crippen LogP contribution in [0.4, 0.5) is 0 Å². The summed E-state index contributed by atoms with van der Waals surface area (Å²) in [4.78, 5) is 10.8. The van der Waals surface area contributed by atoms with Crippen molar-refractivity contribution in [3.05, 3.63) is 28.8 Å². The molecule has 2 N–H and O–H groups in total. The Morgan fingerprint density at radius 3 is 2.65 bits per heavy atom. The summed E-state index contributed by atoms with van der Waals surface area (Å²) >= 11 is 5.77. The van der Waals surface area contributed by atoms with Gasteiger partial charge in [0.15, 0.2) is 0 Å². The van der Waals surface area contributed by atoms with Crippen LogP contribution in [0.1, 0.15) is 36.0 Å². The predicted molar refractivity (Wildman–Crippen MR) is 75.6 cm³/mol. The van der Waals surface area contributed by atoms with Crippen LogP contribution in [0.25, 0.3) is 0 Å². The fourth-order valence-corrected chi connectivity index (χ4v) is 3.35. The molecule has 0 aromatic heterocycles. The van der Waals surface area contributed by atoms with Gasteiger partial charge in [-0.1, -0.05) is 24.4 Å². The molecule has 0 bridgehead atoms. The summed E-state index contributed by atoms with van der Waals surface area (Å²) in [5.74, 6) is -0.417. The van der Waals surface area contributed by atoms with Gasteiger partial charge in [0.25, 0.3) is 0 Å². The van der Waals surface area contributed by atoms with E-state index in [1.807, 2.05) is 0 Å². The highest BCUT2D eigenvalue weighted by Crippen LogP contribution is 2.33. The fraction of sp³-hybridized carbons (Fsp3) is 0.462. The molecule has 0 radical (unpaired) electrons. The highest BCUT2D eigenvalue weighted by atomic mass is 35.5. The van der Waals surface area contributed by atoms with Crippen LogP contribution in [0.3, 0.4) is 0 Å². The third-order valence-corrected chi connectivity index (χ3v) is 5.03. The average Bonchev–Trinajstić information content (AvgIpc) is 3.18. The van der Waals surface area contributed by atoms with Gasteiger partial charge in [-0.05, 0) is 37.0 Å². The number of carboxylic acids is 1.